The van der Waals surface area contributed by atoms with Crippen molar-refractivity contribution in [2.75, 3.05) is 0 Å². The molecule has 3 rings (SSSR count). The van der Waals surface area contributed by atoms with Crippen LogP contribution in [0.1, 0.15) is 5.56 Å². The fourth-order valence-corrected chi connectivity index (χ4v) is 2.59. The van der Waals surface area contributed by atoms with Crippen LogP contribution in [0.25, 0.3) is 10.9 Å². The predicted molar refractivity (Wildman–Crippen MR) is 86.9 cm³/mol. The quantitative estimate of drug-likeness (QED) is 0.390. The van der Waals surface area contributed by atoms with Gasteiger partial charge < -0.3 is 4.57 Å². The molecule has 0 fully saturated rings. The van der Waals surface area contributed by atoms with Gasteiger partial charge in [0.1, 0.15) is 0 Å². The number of hydrogen-bond acceptors (Lipinski definition) is 2. The van der Waals surface area contributed by atoms with Crippen molar-refractivity contribution >= 4 is 39.2 Å². The van der Waals surface area contributed by atoms with E-state index >= 15 is 0 Å². The summed E-state index contributed by atoms with van der Waals surface area (Å²) in [5, 5.41) is 11.7. The normalized spacial score (nSPS) is 10.8. The first kappa shape index (κ1) is 13.1. The molecule has 0 unspecified atom stereocenters. The number of fused-ring (bicyclic) bond motifs is 1. The lowest BCUT2D eigenvalue weighted by atomic mass is 10.2. The second kappa shape index (κ2) is 5.24. The molecule has 100 valence electrons. The number of nitrogens with zero attached hydrogens (tertiary/aromatic N) is 2. The molecule has 0 N–H and O–H groups in total. The molecule has 2 aromatic carbocycles. The minimum absolute atomic E-state index is 0.129. The SMILES string of the molecule is O=[N+]([O-])c1ccc2c(ccn2Cc2ccc(I)cc2)c1. The van der Waals surface area contributed by atoms with Gasteiger partial charge in [0.25, 0.3) is 5.69 Å². The average Bonchev–Trinajstić information content (AvgIpc) is 2.84. The molecule has 0 saturated heterocycles. The zero-order valence-electron chi connectivity index (χ0n) is 10.5. The van der Waals surface area contributed by atoms with Gasteiger partial charge >= 0.3 is 0 Å². The van der Waals surface area contributed by atoms with Crippen molar-refractivity contribution in [3.63, 3.8) is 0 Å². The molecule has 0 amide bonds. The molecule has 0 aliphatic carbocycles. The Kier molecular flexibility index (Phi) is 3.43. The fourth-order valence-electron chi connectivity index (χ4n) is 2.23. The van der Waals surface area contributed by atoms with Crippen LogP contribution in [0.15, 0.2) is 54.7 Å². The average molecular weight is 378 g/mol. The topological polar surface area (TPSA) is 48.1 Å². The van der Waals surface area contributed by atoms with Gasteiger partial charge in [0.2, 0.25) is 0 Å². The summed E-state index contributed by atoms with van der Waals surface area (Å²) in [6.07, 6.45) is 1.96. The zero-order valence-corrected chi connectivity index (χ0v) is 12.6. The highest BCUT2D eigenvalue weighted by atomic mass is 127. The molecular formula is C15H11IN2O2. The van der Waals surface area contributed by atoms with Crippen LogP contribution in [-0.2, 0) is 6.54 Å². The summed E-state index contributed by atoms with van der Waals surface area (Å²) in [4.78, 5) is 10.4. The maximum atomic E-state index is 10.8. The van der Waals surface area contributed by atoms with Crippen molar-refractivity contribution in [1.29, 1.82) is 0 Å². The molecule has 0 aliphatic heterocycles. The lowest BCUT2D eigenvalue weighted by Gasteiger charge is -2.06. The second-order valence-corrected chi connectivity index (χ2v) is 5.82. The van der Waals surface area contributed by atoms with Gasteiger partial charge in [-0.15, -0.1) is 0 Å². The van der Waals surface area contributed by atoms with Crippen LogP contribution < -0.4 is 0 Å². The predicted octanol–water partition coefficient (Wildman–Crippen LogP) is 4.20. The van der Waals surface area contributed by atoms with E-state index in [0.717, 1.165) is 17.4 Å². The molecule has 0 atom stereocenters. The van der Waals surface area contributed by atoms with Gasteiger partial charge in [0.05, 0.1) is 4.92 Å². The van der Waals surface area contributed by atoms with Crippen LogP contribution in [-0.4, -0.2) is 9.49 Å². The molecule has 0 spiro atoms. The van der Waals surface area contributed by atoms with E-state index in [1.54, 1.807) is 18.2 Å². The minimum Gasteiger partial charge on any atom is -0.343 e. The van der Waals surface area contributed by atoms with Gasteiger partial charge in [-0.25, -0.2) is 0 Å². The van der Waals surface area contributed by atoms with Crippen LogP contribution in [0.4, 0.5) is 5.69 Å². The highest BCUT2D eigenvalue weighted by molar-refractivity contribution is 14.1. The molecule has 1 aromatic heterocycles. The maximum absolute atomic E-state index is 10.8. The molecule has 1 heterocycles. The fraction of sp³-hybridized carbons (Fsp3) is 0.0667. The van der Waals surface area contributed by atoms with Gasteiger partial charge in [-0.2, -0.15) is 0 Å². The lowest BCUT2D eigenvalue weighted by molar-refractivity contribution is -0.384. The number of hydrogen-bond donors (Lipinski definition) is 0. The molecule has 5 heteroatoms. The van der Waals surface area contributed by atoms with Gasteiger partial charge in [0.15, 0.2) is 0 Å². The number of aromatic nitrogens is 1. The van der Waals surface area contributed by atoms with E-state index in [-0.39, 0.29) is 10.6 Å². The smallest absolute Gasteiger partial charge is 0.270 e. The molecule has 0 aliphatic rings. The Morgan fingerprint density at radius 3 is 2.55 bits per heavy atom. The van der Waals surface area contributed by atoms with E-state index in [1.807, 2.05) is 12.3 Å². The van der Waals surface area contributed by atoms with E-state index in [2.05, 4.69) is 51.4 Å². The maximum Gasteiger partial charge on any atom is 0.270 e. The summed E-state index contributed by atoms with van der Waals surface area (Å²) in [5.74, 6) is 0. The van der Waals surface area contributed by atoms with Crippen molar-refractivity contribution in [3.8, 4) is 0 Å². The molecule has 3 aromatic rings. The largest absolute Gasteiger partial charge is 0.343 e. The Morgan fingerprint density at radius 1 is 1.10 bits per heavy atom. The number of nitro benzene ring substituents is 1. The third-order valence-electron chi connectivity index (χ3n) is 3.23. The summed E-state index contributed by atoms with van der Waals surface area (Å²) in [6.45, 7) is 0.762. The van der Waals surface area contributed by atoms with Crippen LogP contribution in [0.2, 0.25) is 0 Å². The minimum atomic E-state index is -0.365. The van der Waals surface area contributed by atoms with Crippen molar-refractivity contribution in [1.82, 2.24) is 4.57 Å². The Morgan fingerprint density at radius 2 is 1.85 bits per heavy atom. The van der Waals surface area contributed by atoms with Crippen LogP contribution in [0.5, 0.6) is 0 Å². The van der Waals surface area contributed by atoms with E-state index in [9.17, 15) is 10.1 Å². The molecule has 0 radical (unpaired) electrons. The Hall–Kier alpha value is -1.89. The van der Waals surface area contributed by atoms with Crippen molar-refractivity contribution < 1.29 is 4.92 Å². The first-order valence-electron chi connectivity index (χ1n) is 6.11. The van der Waals surface area contributed by atoms with Crippen LogP contribution >= 0.6 is 22.6 Å². The van der Waals surface area contributed by atoms with E-state index in [1.165, 1.54) is 9.13 Å². The first-order chi connectivity index (χ1) is 9.63. The molecule has 0 bridgehead atoms. The molecule has 20 heavy (non-hydrogen) atoms. The van der Waals surface area contributed by atoms with Gasteiger partial charge in [-0.05, 0) is 52.4 Å². The van der Waals surface area contributed by atoms with Crippen molar-refractivity contribution in [2.45, 2.75) is 6.54 Å². The zero-order chi connectivity index (χ0) is 14.1. The number of non-ortho nitro benzene ring substituents is 1. The van der Waals surface area contributed by atoms with E-state index < -0.39 is 0 Å². The summed E-state index contributed by atoms with van der Waals surface area (Å²) in [6, 6.07) is 15.2. The molecule has 4 nitrogen and oxygen atoms in total. The Labute approximate surface area is 129 Å². The summed E-state index contributed by atoms with van der Waals surface area (Å²) < 4.78 is 3.31. The monoisotopic (exact) mass is 378 g/mol. The number of halogens is 1. The third kappa shape index (κ3) is 2.53. The van der Waals surface area contributed by atoms with E-state index in [4.69, 9.17) is 0 Å². The van der Waals surface area contributed by atoms with Gasteiger partial charge in [0, 0.05) is 39.3 Å². The van der Waals surface area contributed by atoms with Crippen LogP contribution in [0, 0.1) is 13.7 Å². The lowest BCUT2D eigenvalue weighted by Crippen LogP contribution is -1.97. The highest BCUT2D eigenvalue weighted by Gasteiger charge is 2.08. The standard InChI is InChI=1S/C15H11IN2O2/c16-13-3-1-11(2-4-13)10-17-8-7-12-9-14(18(19)20)5-6-15(12)17/h1-9H,10H2. The number of nitro groups is 1. The molecular weight excluding hydrogens is 367 g/mol. The molecule has 0 saturated carbocycles. The Bertz CT molecular complexity index is 778. The summed E-state index contributed by atoms with van der Waals surface area (Å²) >= 11 is 2.28. The highest BCUT2D eigenvalue weighted by Crippen LogP contribution is 2.22. The van der Waals surface area contributed by atoms with Gasteiger partial charge in [-0.3, -0.25) is 10.1 Å². The van der Waals surface area contributed by atoms with Crippen molar-refractivity contribution in [3.05, 3.63) is 74.0 Å². The van der Waals surface area contributed by atoms with E-state index in [0.29, 0.717) is 0 Å². The number of benzene rings is 2. The van der Waals surface area contributed by atoms with Gasteiger partial charge in [-0.1, -0.05) is 12.1 Å². The first-order valence-corrected chi connectivity index (χ1v) is 7.19. The Balaban J connectivity index is 1.96. The van der Waals surface area contributed by atoms with Crippen molar-refractivity contribution in [2.24, 2.45) is 0 Å². The number of rotatable bonds is 3. The van der Waals surface area contributed by atoms with Crippen LogP contribution in [0.3, 0.4) is 0 Å². The second-order valence-electron chi connectivity index (χ2n) is 4.57. The summed E-state index contributed by atoms with van der Waals surface area (Å²) in [7, 11) is 0. The third-order valence-corrected chi connectivity index (χ3v) is 3.95. The summed E-state index contributed by atoms with van der Waals surface area (Å²) in [5.41, 5.74) is 2.35.